The largest absolute Gasteiger partial charge is 0.365 e. The van der Waals surface area contributed by atoms with Crippen LogP contribution in [-0.4, -0.2) is 56.9 Å². The van der Waals surface area contributed by atoms with Gasteiger partial charge in [0, 0.05) is 44.0 Å². The molecular weight excluding hydrogens is 404 g/mol. The molecule has 4 aromatic rings. The summed E-state index contributed by atoms with van der Waals surface area (Å²) in [5, 5.41) is 8.71. The summed E-state index contributed by atoms with van der Waals surface area (Å²) in [7, 11) is 0. The van der Waals surface area contributed by atoms with Gasteiger partial charge in [0.1, 0.15) is 0 Å². The Morgan fingerprint density at radius 1 is 0.969 bits per heavy atom. The highest BCUT2D eigenvalue weighted by Crippen LogP contribution is 2.28. The molecule has 0 saturated carbocycles. The second-order valence-electron chi connectivity index (χ2n) is 7.84. The van der Waals surface area contributed by atoms with Gasteiger partial charge in [-0.15, -0.1) is 0 Å². The first-order chi connectivity index (χ1) is 15.6. The van der Waals surface area contributed by atoms with Crippen LogP contribution in [0.3, 0.4) is 0 Å². The van der Waals surface area contributed by atoms with Crippen LogP contribution in [0.2, 0.25) is 0 Å². The lowest BCUT2D eigenvalue weighted by atomic mass is 10.1. The topological polar surface area (TPSA) is 80.3 Å². The van der Waals surface area contributed by atoms with E-state index in [0.717, 1.165) is 41.5 Å². The fourth-order valence-electron chi connectivity index (χ4n) is 4.20. The standard InChI is InChI=1S/C24H24N6O2/c1-17-23(18(2)30(26-17)22-10-6-7-11-25-22)28-12-14-29(15-13-28)24(31)20-16-21(32-27-20)19-8-4-3-5-9-19/h3-11,16H,12-15H2,1-2H3. The van der Waals surface area contributed by atoms with E-state index in [4.69, 9.17) is 9.62 Å². The number of carbonyl (C=O) groups is 1. The number of aryl methyl sites for hydroxylation is 1. The van der Waals surface area contributed by atoms with E-state index in [1.165, 1.54) is 0 Å². The van der Waals surface area contributed by atoms with Crippen molar-refractivity contribution in [1.29, 1.82) is 0 Å². The molecule has 1 aliphatic heterocycles. The van der Waals surface area contributed by atoms with Crippen LogP contribution < -0.4 is 4.90 Å². The van der Waals surface area contributed by atoms with Crippen LogP contribution in [0.15, 0.2) is 65.3 Å². The van der Waals surface area contributed by atoms with Crippen LogP contribution in [0, 0.1) is 13.8 Å². The summed E-state index contributed by atoms with van der Waals surface area (Å²) < 4.78 is 7.28. The van der Waals surface area contributed by atoms with Crippen LogP contribution in [0.1, 0.15) is 21.9 Å². The third-order valence-electron chi connectivity index (χ3n) is 5.79. The van der Waals surface area contributed by atoms with Crippen LogP contribution in [0.5, 0.6) is 0 Å². The summed E-state index contributed by atoms with van der Waals surface area (Å²) in [6.07, 6.45) is 1.77. The Bertz CT molecular complexity index is 1220. The Morgan fingerprint density at radius 3 is 2.44 bits per heavy atom. The lowest BCUT2D eigenvalue weighted by molar-refractivity contribution is 0.0736. The molecule has 0 N–H and O–H groups in total. The van der Waals surface area contributed by atoms with Crippen molar-refractivity contribution in [1.82, 2.24) is 24.8 Å². The number of rotatable bonds is 4. The summed E-state index contributed by atoms with van der Waals surface area (Å²) >= 11 is 0. The van der Waals surface area contributed by atoms with E-state index in [1.807, 2.05) is 65.0 Å². The quantitative estimate of drug-likeness (QED) is 0.495. The predicted molar refractivity (Wildman–Crippen MR) is 121 cm³/mol. The molecule has 5 rings (SSSR count). The van der Waals surface area contributed by atoms with Crippen LogP contribution in [0.4, 0.5) is 5.69 Å². The Morgan fingerprint density at radius 2 is 1.72 bits per heavy atom. The Hall–Kier alpha value is -3.94. The number of aromatic nitrogens is 4. The zero-order chi connectivity index (χ0) is 22.1. The average molecular weight is 428 g/mol. The minimum atomic E-state index is -0.104. The molecule has 0 radical (unpaired) electrons. The maximum absolute atomic E-state index is 13.0. The second kappa shape index (κ2) is 8.30. The van der Waals surface area contributed by atoms with Crippen molar-refractivity contribution in [3.63, 3.8) is 0 Å². The van der Waals surface area contributed by atoms with Crippen molar-refractivity contribution in [2.45, 2.75) is 13.8 Å². The monoisotopic (exact) mass is 428 g/mol. The van der Waals surface area contributed by atoms with Gasteiger partial charge < -0.3 is 14.3 Å². The molecule has 4 heterocycles. The van der Waals surface area contributed by atoms with Crippen molar-refractivity contribution in [2.75, 3.05) is 31.1 Å². The van der Waals surface area contributed by atoms with Crippen LogP contribution in [0.25, 0.3) is 17.1 Å². The highest BCUT2D eigenvalue weighted by Gasteiger charge is 2.27. The van der Waals surface area contributed by atoms with Gasteiger partial charge in [-0.2, -0.15) is 5.10 Å². The number of piperazine rings is 1. The highest BCUT2D eigenvalue weighted by atomic mass is 16.5. The number of nitrogens with zero attached hydrogens (tertiary/aromatic N) is 6. The molecule has 3 aromatic heterocycles. The number of benzene rings is 1. The molecule has 1 fully saturated rings. The molecule has 32 heavy (non-hydrogen) atoms. The molecular formula is C24H24N6O2. The van der Waals surface area contributed by atoms with E-state index in [2.05, 4.69) is 22.0 Å². The number of anilines is 1. The zero-order valence-electron chi connectivity index (χ0n) is 18.1. The number of amides is 1. The minimum absolute atomic E-state index is 0.104. The van der Waals surface area contributed by atoms with Gasteiger partial charge in [0.2, 0.25) is 0 Å². The van der Waals surface area contributed by atoms with Crippen LogP contribution in [-0.2, 0) is 0 Å². The van der Waals surface area contributed by atoms with Gasteiger partial charge in [-0.25, -0.2) is 9.67 Å². The van der Waals surface area contributed by atoms with Gasteiger partial charge in [0.05, 0.1) is 17.1 Å². The smallest absolute Gasteiger partial charge is 0.276 e. The second-order valence-corrected chi connectivity index (χ2v) is 7.84. The molecule has 8 heteroatoms. The van der Waals surface area contributed by atoms with E-state index in [0.29, 0.717) is 24.5 Å². The van der Waals surface area contributed by atoms with E-state index in [-0.39, 0.29) is 5.91 Å². The van der Waals surface area contributed by atoms with E-state index in [1.54, 1.807) is 12.3 Å². The predicted octanol–water partition coefficient (Wildman–Crippen LogP) is 3.50. The maximum Gasteiger partial charge on any atom is 0.276 e. The molecule has 0 unspecified atom stereocenters. The minimum Gasteiger partial charge on any atom is -0.365 e. The van der Waals surface area contributed by atoms with Crippen molar-refractivity contribution in [3.05, 3.63) is 77.9 Å². The molecule has 1 aromatic carbocycles. The third-order valence-corrected chi connectivity index (χ3v) is 5.79. The zero-order valence-corrected chi connectivity index (χ0v) is 18.1. The van der Waals surface area contributed by atoms with E-state index < -0.39 is 0 Å². The number of hydrogen-bond acceptors (Lipinski definition) is 6. The lowest BCUT2D eigenvalue weighted by Gasteiger charge is -2.35. The molecule has 8 nitrogen and oxygen atoms in total. The summed E-state index contributed by atoms with van der Waals surface area (Å²) in [5.74, 6) is 1.29. The number of hydrogen-bond donors (Lipinski definition) is 0. The van der Waals surface area contributed by atoms with E-state index in [9.17, 15) is 4.79 Å². The molecule has 0 spiro atoms. The molecule has 0 bridgehead atoms. The fourth-order valence-corrected chi connectivity index (χ4v) is 4.20. The fraction of sp³-hybridized carbons (Fsp3) is 0.250. The van der Waals surface area contributed by atoms with Gasteiger partial charge in [-0.1, -0.05) is 41.6 Å². The molecule has 1 saturated heterocycles. The lowest BCUT2D eigenvalue weighted by Crippen LogP contribution is -2.49. The van der Waals surface area contributed by atoms with Gasteiger partial charge in [-0.3, -0.25) is 4.79 Å². The molecule has 0 atom stereocenters. The van der Waals surface area contributed by atoms with Crippen molar-refractivity contribution in [2.24, 2.45) is 0 Å². The molecule has 0 aliphatic carbocycles. The number of pyridine rings is 1. The normalized spacial score (nSPS) is 14.1. The van der Waals surface area contributed by atoms with Crippen molar-refractivity contribution in [3.8, 4) is 17.1 Å². The number of carbonyl (C=O) groups excluding carboxylic acids is 1. The van der Waals surface area contributed by atoms with Gasteiger partial charge in [0.15, 0.2) is 17.3 Å². The first kappa shape index (κ1) is 20.0. The molecule has 1 aliphatic rings. The summed E-state index contributed by atoms with van der Waals surface area (Å²) in [6, 6.07) is 17.2. The first-order valence-electron chi connectivity index (χ1n) is 10.7. The van der Waals surface area contributed by atoms with Crippen molar-refractivity contribution < 1.29 is 9.32 Å². The van der Waals surface area contributed by atoms with Crippen molar-refractivity contribution >= 4 is 11.6 Å². The maximum atomic E-state index is 13.0. The first-order valence-corrected chi connectivity index (χ1v) is 10.7. The molecule has 1 amide bonds. The third kappa shape index (κ3) is 3.64. The van der Waals surface area contributed by atoms with Gasteiger partial charge in [0.25, 0.3) is 5.91 Å². The summed E-state index contributed by atoms with van der Waals surface area (Å²) in [4.78, 5) is 21.5. The van der Waals surface area contributed by atoms with Gasteiger partial charge >= 0.3 is 0 Å². The average Bonchev–Trinajstić information content (AvgIpc) is 3.45. The molecule has 162 valence electrons. The van der Waals surface area contributed by atoms with Crippen LogP contribution >= 0.6 is 0 Å². The highest BCUT2D eigenvalue weighted by molar-refractivity contribution is 5.93. The summed E-state index contributed by atoms with van der Waals surface area (Å²) in [6.45, 7) is 6.75. The Balaban J connectivity index is 1.28. The Kier molecular flexibility index (Phi) is 5.18. The van der Waals surface area contributed by atoms with Gasteiger partial charge in [-0.05, 0) is 26.0 Å². The Labute approximate surface area is 186 Å². The summed E-state index contributed by atoms with van der Waals surface area (Å²) in [5.41, 5.74) is 4.35. The van der Waals surface area contributed by atoms with E-state index >= 15 is 0 Å². The SMILES string of the molecule is Cc1nn(-c2ccccn2)c(C)c1N1CCN(C(=O)c2cc(-c3ccccc3)on2)CC1.